The molecule has 0 spiro atoms. The highest BCUT2D eigenvalue weighted by Gasteiger charge is 2.34. The summed E-state index contributed by atoms with van der Waals surface area (Å²) in [5.41, 5.74) is 2.82. The van der Waals surface area contributed by atoms with Gasteiger partial charge in [-0.3, -0.25) is 4.79 Å². The second kappa shape index (κ2) is 6.37. The topological polar surface area (TPSA) is 69.0 Å². The van der Waals surface area contributed by atoms with Crippen molar-refractivity contribution >= 4 is 31.1 Å². The third-order valence-corrected chi connectivity index (χ3v) is 7.15. The average molecular weight is 385 g/mol. The van der Waals surface area contributed by atoms with Crippen molar-refractivity contribution < 1.29 is 9.53 Å². The number of aromatic nitrogens is 3. The number of carbonyl (C=O) groups excluding carboxylic acids is 1. The number of anilines is 1. The lowest BCUT2D eigenvalue weighted by molar-refractivity contribution is -0.114. The third-order valence-electron chi connectivity index (χ3n) is 4.19. The molecule has 0 unspecified atom stereocenters. The van der Waals surface area contributed by atoms with Crippen molar-refractivity contribution in [3.63, 3.8) is 0 Å². The van der Waals surface area contributed by atoms with Crippen molar-refractivity contribution in [1.82, 2.24) is 14.8 Å². The fourth-order valence-electron chi connectivity index (χ4n) is 3.10. The summed E-state index contributed by atoms with van der Waals surface area (Å²) in [5, 5.41) is 9.68. The molecule has 4 rings (SSSR count). The highest BCUT2D eigenvalue weighted by atomic mass is 32.1. The molecule has 4 heterocycles. The van der Waals surface area contributed by atoms with E-state index in [0.717, 1.165) is 40.0 Å². The molecule has 0 saturated carbocycles. The number of thiophene rings is 1. The Hall–Kier alpha value is -2.45. The molecule has 1 aliphatic heterocycles. The van der Waals surface area contributed by atoms with Gasteiger partial charge in [-0.25, -0.2) is 9.67 Å². The predicted molar refractivity (Wildman–Crippen MR) is 106 cm³/mol. The summed E-state index contributed by atoms with van der Waals surface area (Å²) in [7, 11) is -1.46. The molecule has 6 nitrogen and oxygen atoms in total. The van der Waals surface area contributed by atoms with E-state index in [-0.39, 0.29) is 5.91 Å². The second-order valence-corrected chi connectivity index (χ2v) is 13.1. The van der Waals surface area contributed by atoms with E-state index in [4.69, 9.17) is 9.84 Å². The Morgan fingerprint density at radius 2 is 2.23 bits per heavy atom. The largest absolute Gasteiger partial charge is 0.481 e. The van der Waals surface area contributed by atoms with Crippen LogP contribution in [-0.4, -0.2) is 35.0 Å². The first-order valence-electron chi connectivity index (χ1n) is 8.44. The maximum atomic E-state index is 11.4. The number of nitrogens with zero attached hydrogens (tertiary/aromatic N) is 3. The van der Waals surface area contributed by atoms with Gasteiger partial charge in [-0.1, -0.05) is 19.2 Å². The molecule has 3 aromatic heterocycles. The minimum atomic E-state index is -1.46. The predicted octanol–water partition coefficient (Wildman–Crippen LogP) is 3.81. The number of rotatable bonds is 3. The van der Waals surface area contributed by atoms with Gasteiger partial charge in [0.25, 0.3) is 0 Å². The number of fused-ring (bicyclic) bond motifs is 1. The standard InChI is InChI=1S/C18H20N4O2SSi/c1-12(23)20-15-9-13(6-7-19-15)16-17(14-5-4-8-25-14)21-22-10-26(2,3)11-24-18(16)22/h4-9H,10-11H2,1-3H3,(H,19,20,23). The fourth-order valence-corrected chi connectivity index (χ4v) is 5.46. The molecule has 0 fully saturated rings. The minimum absolute atomic E-state index is 0.144. The number of amides is 1. The highest BCUT2D eigenvalue weighted by molar-refractivity contribution is 7.13. The van der Waals surface area contributed by atoms with Crippen molar-refractivity contribution in [1.29, 1.82) is 0 Å². The van der Waals surface area contributed by atoms with Gasteiger partial charge in [-0.15, -0.1) is 11.3 Å². The Bertz CT molecular complexity index is 966. The third kappa shape index (κ3) is 3.17. The van der Waals surface area contributed by atoms with Gasteiger partial charge in [0.1, 0.15) is 19.6 Å². The van der Waals surface area contributed by atoms with Crippen molar-refractivity contribution in [3.8, 4) is 27.6 Å². The Labute approximate surface area is 156 Å². The highest BCUT2D eigenvalue weighted by Crippen LogP contribution is 2.42. The van der Waals surface area contributed by atoms with Crippen molar-refractivity contribution in [2.45, 2.75) is 26.2 Å². The molecule has 1 aliphatic rings. The fraction of sp³-hybridized carbons (Fsp3) is 0.278. The molecule has 0 saturated heterocycles. The van der Waals surface area contributed by atoms with E-state index in [1.54, 1.807) is 17.5 Å². The van der Waals surface area contributed by atoms with E-state index in [2.05, 4.69) is 29.5 Å². The van der Waals surface area contributed by atoms with Crippen LogP contribution in [0.5, 0.6) is 5.88 Å². The van der Waals surface area contributed by atoms with Crippen LogP contribution in [0.2, 0.25) is 13.1 Å². The summed E-state index contributed by atoms with van der Waals surface area (Å²) >= 11 is 1.66. The van der Waals surface area contributed by atoms with Crippen LogP contribution in [0.25, 0.3) is 21.7 Å². The molecular weight excluding hydrogens is 364 g/mol. The molecule has 0 aliphatic carbocycles. The maximum absolute atomic E-state index is 11.4. The molecule has 0 radical (unpaired) electrons. The smallest absolute Gasteiger partial charge is 0.222 e. The number of nitrogens with one attached hydrogen (secondary N) is 1. The van der Waals surface area contributed by atoms with E-state index >= 15 is 0 Å². The summed E-state index contributed by atoms with van der Waals surface area (Å²) in [6.45, 7) is 6.09. The summed E-state index contributed by atoms with van der Waals surface area (Å²) < 4.78 is 8.20. The molecule has 8 heteroatoms. The molecule has 0 atom stereocenters. The lowest BCUT2D eigenvalue weighted by Gasteiger charge is -2.28. The number of hydrogen-bond donors (Lipinski definition) is 1. The summed E-state index contributed by atoms with van der Waals surface area (Å²) in [4.78, 5) is 16.7. The number of hydrogen-bond acceptors (Lipinski definition) is 5. The molecule has 1 amide bonds. The van der Waals surface area contributed by atoms with Crippen LogP contribution in [0.4, 0.5) is 5.82 Å². The van der Waals surface area contributed by atoms with Crippen molar-refractivity contribution in [3.05, 3.63) is 35.8 Å². The maximum Gasteiger partial charge on any atom is 0.222 e. The zero-order valence-corrected chi connectivity index (χ0v) is 16.8. The van der Waals surface area contributed by atoms with Gasteiger partial charge in [-0.05, 0) is 29.1 Å². The molecule has 1 N–H and O–H groups in total. The Morgan fingerprint density at radius 3 is 2.96 bits per heavy atom. The van der Waals surface area contributed by atoms with E-state index in [0.29, 0.717) is 5.82 Å². The van der Waals surface area contributed by atoms with Crippen LogP contribution in [-0.2, 0) is 11.0 Å². The molecule has 0 bridgehead atoms. The van der Waals surface area contributed by atoms with Crippen LogP contribution >= 0.6 is 11.3 Å². The van der Waals surface area contributed by atoms with Gasteiger partial charge >= 0.3 is 0 Å². The molecule has 0 aromatic carbocycles. The Balaban J connectivity index is 1.87. The van der Waals surface area contributed by atoms with Crippen molar-refractivity contribution in [2.75, 3.05) is 11.5 Å². The van der Waals surface area contributed by atoms with E-state index < -0.39 is 8.07 Å². The number of ether oxygens (including phenoxy) is 1. The lowest BCUT2D eigenvalue weighted by atomic mass is 10.1. The lowest BCUT2D eigenvalue weighted by Crippen LogP contribution is -2.44. The summed E-state index contributed by atoms with van der Waals surface area (Å²) in [6, 6.07) is 7.90. The van der Waals surface area contributed by atoms with Crippen molar-refractivity contribution in [2.24, 2.45) is 0 Å². The van der Waals surface area contributed by atoms with Gasteiger partial charge in [0, 0.05) is 19.3 Å². The first-order chi connectivity index (χ1) is 12.4. The number of carbonyl (C=O) groups is 1. The quantitative estimate of drug-likeness (QED) is 0.697. The summed E-state index contributed by atoms with van der Waals surface area (Å²) in [6.07, 6.45) is 3.41. The molecular formula is C18H20N4O2SSi. The van der Waals surface area contributed by atoms with E-state index in [9.17, 15) is 4.79 Å². The van der Waals surface area contributed by atoms with Crippen LogP contribution in [0.1, 0.15) is 6.92 Å². The SMILES string of the molecule is CC(=O)Nc1cc(-c2c(-c3cccs3)nn3c2OC[Si](C)(C)C3)ccn1. The monoisotopic (exact) mass is 384 g/mol. The Morgan fingerprint density at radius 1 is 1.38 bits per heavy atom. The van der Waals surface area contributed by atoms with Gasteiger partial charge in [0.2, 0.25) is 11.8 Å². The van der Waals surface area contributed by atoms with Crippen LogP contribution < -0.4 is 10.1 Å². The van der Waals surface area contributed by atoms with Crippen LogP contribution in [0, 0.1) is 0 Å². The molecule has 26 heavy (non-hydrogen) atoms. The zero-order chi connectivity index (χ0) is 18.3. The molecule has 134 valence electrons. The summed E-state index contributed by atoms with van der Waals surface area (Å²) in [5.74, 6) is 1.19. The average Bonchev–Trinajstić information content (AvgIpc) is 3.20. The van der Waals surface area contributed by atoms with Crippen LogP contribution in [0.15, 0.2) is 35.8 Å². The molecule has 3 aromatic rings. The van der Waals surface area contributed by atoms with Gasteiger partial charge in [0.15, 0.2) is 0 Å². The van der Waals surface area contributed by atoms with E-state index in [1.165, 1.54) is 6.92 Å². The van der Waals surface area contributed by atoms with Gasteiger partial charge < -0.3 is 10.1 Å². The van der Waals surface area contributed by atoms with E-state index in [1.807, 2.05) is 28.3 Å². The van der Waals surface area contributed by atoms with Gasteiger partial charge in [-0.2, -0.15) is 5.10 Å². The van der Waals surface area contributed by atoms with Gasteiger partial charge in [0.05, 0.1) is 16.7 Å². The van der Waals surface area contributed by atoms with Crippen LogP contribution in [0.3, 0.4) is 0 Å². The first kappa shape index (κ1) is 17.0. The normalized spacial score (nSPS) is 15.2. The Kier molecular flexibility index (Phi) is 4.16. The zero-order valence-electron chi connectivity index (χ0n) is 14.9. The minimum Gasteiger partial charge on any atom is -0.481 e. The first-order valence-corrected chi connectivity index (χ1v) is 12.7. The number of pyridine rings is 1. The second-order valence-electron chi connectivity index (χ2n) is 7.23.